The summed E-state index contributed by atoms with van der Waals surface area (Å²) < 4.78 is 0. The number of nitrogens with one attached hydrogen (secondary N) is 2. The smallest absolute Gasteiger partial charge is 0.252 e. The predicted molar refractivity (Wildman–Crippen MR) is 163 cm³/mol. The second-order valence-electron chi connectivity index (χ2n) is 9.63. The Kier molecular flexibility index (Phi) is 17.2. The fourth-order valence-electron chi connectivity index (χ4n) is 4.30. The van der Waals surface area contributed by atoms with E-state index in [2.05, 4.69) is 83.3 Å². The van der Waals surface area contributed by atoms with E-state index in [0.29, 0.717) is 38.0 Å². The van der Waals surface area contributed by atoms with E-state index in [4.69, 9.17) is 0 Å². The largest absolute Gasteiger partial charge is 0.353 e. The summed E-state index contributed by atoms with van der Waals surface area (Å²) in [5.74, 6) is -0.346. The SMILES string of the molecule is CC/C=C\C/C=C\C/C=C\C/C=C\C/C=C\CCCC(=O)N1CCC[C@H]1C(=O)NCCNC(=O)c1cccnc1. The van der Waals surface area contributed by atoms with Crippen LogP contribution in [0.5, 0.6) is 0 Å². The van der Waals surface area contributed by atoms with E-state index in [0.717, 1.165) is 51.4 Å². The zero-order valence-electron chi connectivity index (χ0n) is 24.0. The lowest BCUT2D eigenvalue weighted by molar-refractivity contribution is -0.138. The first-order valence-electron chi connectivity index (χ1n) is 14.6. The van der Waals surface area contributed by atoms with Gasteiger partial charge in [-0.1, -0.05) is 67.7 Å². The third-order valence-electron chi connectivity index (χ3n) is 6.43. The van der Waals surface area contributed by atoms with Crippen LogP contribution in [0.1, 0.15) is 81.5 Å². The molecule has 7 nitrogen and oxygen atoms in total. The average molecular weight is 547 g/mol. The second-order valence-corrected chi connectivity index (χ2v) is 9.63. The molecule has 216 valence electrons. The molecule has 2 N–H and O–H groups in total. The number of hydrogen-bond acceptors (Lipinski definition) is 4. The quantitative estimate of drug-likeness (QED) is 0.179. The molecule has 1 fully saturated rings. The van der Waals surface area contributed by atoms with Crippen LogP contribution in [0.3, 0.4) is 0 Å². The number of carbonyl (C=O) groups excluding carboxylic acids is 3. The third kappa shape index (κ3) is 13.9. The molecule has 1 aliphatic heterocycles. The average Bonchev–Trinajstić information content (AvgIpc) is 3.47. The first-order valence-corrected chi connectivity index (χ1v) is 14.6. The highest BCUT2D eigenvalue weighted by atomic mass is 16.2. The molecule has 0 bridgehead atoms. The molecule has 1 aromatic rings. The molecule has 1 aromatic heterocycles. The van der Waals surface area contributed by atoms with Crippen molar-refractivity contribution in [1.82, 2.24) is 20.5 Å². The Morgan fingerprint density at radius 2 is 1.52 bits per heavy atom. The molecule has 0 unspecified atom stereocenters. The van der Waals surface area contributed by atoms with Gasteiger partial charge in [-0.15, -0.1) is 0 Å². The van der Waals surface area contributed by atoms with Crippen molar-refractivity contribution in [2.45, 2.75) is 77.2 Å². The summed E-state index contributed by atoms with van der Waals surface area (Å²) in [4.78, 5) is 43.1. The number of nitrogens with zero attached hydrogens (tertiary/aromatic N) is 2. The van der Waals surface area contributed by atoms with E-state index in [-0.39, 0.29) is 17.7 Å². The maximum Gasteiger partial charge on any atom is 0.252 e. The van der Waals surface area contributed by atoms with Crippen molar-refractivity contribution in [2.24, 2.45) is 0 Å². The Labute approximate surface area is 240 Å². The number of allylic oxidation sites excluding steroid dienone is 10. The summed E-state index contributed by atoms with van der Waals surface area (Å²) in [6.45, 7) is 3.39. The Morgan fingerprint density at radius 3 is 2.15 bits per heavy atom. The second kappa shape index (κ2) is 21.1. The number of aromatic nitrogens is 1. The molecular weight excluding hydrogens is 500 g/mol. The van der Waals surface area contributed by atoms with Gasteiger partial charge in [0.2, 0.25) is 11.8 Å². The number of rotatable bonds is 18. The minimum atomic E-state index is -0.421. The molecule has 2 rings (SSSR count). The summed E-state index contributed by atoms with van der Waals surface area (Å²) in [5.41, 5.74) is 0.478. The van der Waals surface area contributed by atoms with E-state index in [9.17, 15) is 14.4 Å². The monoisotopic (exact) mass is 546 g/mol. The van der Waals surface area contributed by atoms with Crippen LogP contribution >= 0.6 is 0 Å². The maximum atomic E-state index is 12.7. The van der Waals surface area contributed by atoms with Crippen molar-refractivity contribution in [1.29, 1.82) is 0 Å². The maximum absolute atomic E-state index is 12.7. The highest BCUT2D eigenvalue weighted by Gasteiger charge is 2.33. The molecule has 1 atom stereocenters. The van der Waals surface area contributed by atoms with Gasteiger partial charge >= 0.3 is 0 Å². The van der Waals surface area contributed by atoms with Crippen molar-refractivity contribution in [3.8, 4) is 0 Å². The van der Waals surface area contributed by atoms with Gasteiger partial charge in [0.1, 0.15) is 6.04 Å². The summed E-state index contributed by atoms with van der Waals surface area (Å²) in [6, 6.07) is 2.96. The number of amides is 3. The van der Waals surface area contributed by atoms with E-state index >= 15 is 0 Å². The van der Waals surface area contributed by atoms with Crippen molar-refractivity contribution in [3.63, 3.8) is 0 Å². The molecule has 7 heteroatoms. The van der Waals surface area contributed by atoms with E-state index in [1.807, 2.05) is 0 Å². The molecule has 3 amide bonds. The summed E-state index contributed by atoms with van der Waals surface area (Å²) in [7, 11) is 0. The zero-order chi connectivity index (χ0) is 28.7. The van der Waals surface area contributed by atoms with Gasteiger partial charge in [-0.3, -0.25) is 19.4 Å². The highest BCUT2D eigenvalue weighted by molar-refractivity contribution is 5.93. The summed E-state index contributed by atoms with van der Waals surface area (Å²) in [6.07, 6.45) is 33.3. The molecule has 0 spiro atoms. The number of hydrogen-bond donors (Lipinski definition) is 2. The van der Waals surface area contributed by atoms with Crippen molar-refractivity contribution < 1.29 is 14.4 Å². The van der Waals surface area contributed by atoms with Crippen LogP contribution in [-0.2, 0) is 9.59 Å². The Morgan fingerprint density at radius 1 is 0.900 bits per heavy atom. The van der Waals surface area contributed by atoms with Gasteiger partial charge in [0.25, 0.3) is 5.91 Å². The van der Waals surface area contributed by atoms with Gasteiger partial charge in [-0.05, 0) is 69.9 Å². The molecular formula is C33H46N4O3. The molecule has 1 saturated heterocycles. The lowest BCUT2D eigenvalue weighted by atomic mass is 10.1. The molecule has 0 saturated carbocycles. The van der Waals surface area contributed by atoms with Gasteiger partial charge in [0.15, 0.2) is 0 Å². The zero-order valence-corrected chi connectivity index (χ0v) is 24.0. The van der Waals surface area contributed by atoms with Crippen LogP contribution in [0.4, 0.5) is 0 Å². The van der Waals surface area contributed by atoms with Crippen molar-refractivity contribution >= 4 is 17.7 Å². The van der Waals surface area contributed by atoms with Gasteiger partial charge in [0.05, 0.1) is 5.56 Å². The number of likely N-dealkylation sites (tertiary alicyclic amines) is 1. The predicted octanol–water partition coefficient (Wildman–Crippen LogP) is 5.84. The summed E-state index contributed by atoms with van der Waals surface area (Å²) >= 11 is 0. The highest BCUT2D eigenvalue weighted by Crippen LogP contribution is 2.19. The lowest BCUT2D eigenvalue weighted by Crippen LogP contribution is -2.47. The first kappa shape index (κ1) is 32.5. The van der Waals surface area contributed by atoms with Crippen LogP contribution in [0.25, 0.3) is 0 Å². The number of carbonyl (C=O) groups is 3. The fourth-order valence-corrected chi connectivity index (χ4v) is 4.30. The molecule has 0 radical (unpaired) electrons. The Bertz CT molecular complexity index is 1030. The van der Waals surface area contributed by atoms with Crippen LogP contribution in [0.15, 0.2) is 85.3 Å². The van der Waals surface area contributed by atoms with Crippen LogP contribution < -0.4 is 10.6 Å². The van der Waals surface area contributed by atoms with Gasteiger partial charge in [-0.25, -0.2) is 0 Å². The van der Waals surface area contributed by atoms with Crippen molar-refractivity contribution in [2.75, 3.05) is 19.6 Å². The van der Waals surface area contributed by atoms with Crippen LogP contribution in [0.2, 0.25) is 0 Å². The molecule has 2 heterocycles. The molecule has 40 heavy (non-hydrogen) atoms. The van der Waals surface area contributed by atoms with E-state index in [1.54, 1.807) is 23.2 Å². The minimum absolute atomic E-state index is 0.0369. The molecule has 1 aliphatic rings. The van der Waals surface area contributed by atoms with Gasteiger partial charge in [-0.2, -0.15) is 0 Å². The lowest BCUT2D eigenvalue weighted by Gasteiger charge is -2.24. The van der Waals surface area contributed by atoms with Gasteiger partial charge < -0.3 is 15.5 Å². The van der Waals surface area contributed by atoms with Gasteiger partial charge in [0, 0.05) is 38.4 Å². The topological polar surface area (TPSA) is 91.4 Å². The Hall–Kier alpha value is -3.74. The molecule has 0 aliphatic carbocycles. The normalized spacial score (nSPS) is 15.8. The fraction of sp³-hybridized carbons (Fsp3) is 0.455. The number of pyridine rings is 1. The van der Waals surface area contributed by atoms with Crippen LogP contribution in [0, 0.1) is 0 Å². The minimum Gasteiger partial charge on any atom is -0.353 e. The standard InChI is InChI=1S/C33H46N4O3/c1-2-3-4-5-6-7-8-9-10-11-12-13-14-15-16-17-18-23-31(38)37-27-20-22-30(37)33(40)36-26-25-35-32(39)29-21-19-24-34-28-29/h3-4,6-7,9-10,12-13,15-16,19,21,24,28,30H,2,5,8,11,14,17-18,20,22-23,25-27H2,1H3,(H,35,39)(H,36,40)/b4-3-,7-6-,10-9-,13-12-,16-15-/t30-/m0/s1. The van der Waals surface area contributed by atoms with Crippen LogP contribution in [-0.4, -0.2) is 53.3 Å². The number of unbranched alkanes of at least 4 members (excludes halogenated alkanes) is 1. The Balaban J connectivity index is 1.53. The van der Waals surface area contributed by atoms with E-state index in [1.165, 1.54) is 6.20 Å². The summed E-state index contributed by atoms with van der Waals surface area (Å²) in [5, 5.41) is 5.61. The van der Waals surface area contributed by atoms with E-state index < -0.39 is 6.04 Å². The molecule has 0 aromatic carbocycles. The third-order valence-corrected chi connectivity index (χ3v) is 6.43. The first-order chi connectivity index (χ1) is 19.6. The van der Waals surface area contributed by atoms with Crippen molar-refractivity contribution in [3.05, 3.63) is 90.9 Å².